The van der Waals surface area contributed by atoms with E-state index in [4.69, 9.17) is 0 Å². The molecule has 0 unspecified atom stereocenters. The molecule has 1 aliphatic carbocycles. The molecule has 1 saturated carbocycles. The lowest BCUT2D eigenvalue weighted by molar-refractivity contribution is -0.138. The van der Waals surface area contributed by atoms with E-state index in [0.717, 1.165) is 10.9 Å². The first-order valence-electron chi connectivity index (χ1n) is 5.26. The zero-order chi connectivity index (χ0) is 10.7. The third-order valence-electron chi connectivity index (χ3n) is 3.00. The Morgan fingerprint density at radius 3 is 3.00 bits per heavy atom. The zero-order valence-electron chi connectivity index (χ0n) is 8.91. The lowest BCUT2D eigenvalue weighted by Crippen LogP contribution is -2.40. The molecule has 1 aliphatic heterocycles. The molecule has 1 saturated heterocycles. The van der Waals surface area contributed by atoms with Crippen molar-refractivity contribution in [3.63, 3.8) is 0 Å². The zero-order valence-corrected chi connectivity index (χ0v) is 9.73. The van der Waals surface area contributed by atoms with E-state index in [1.165, 1.54) is 32.8 Å². The summed E-state index contributed by atoms with van der Waals surface area (Å²) >= 11 is 1.72. The number of aliphatic imine (C=N–C) groups is 1. The maximum absolute atomic E-state index is 10.9. The largest absolute Gasteiger partial charge is 0.468 e. The number of ether oxygens (including phenoxy) is 1. The van der Waals surface area contributed by atoms with Crippen molar-refractivity contribution in [2.45, 2.75) is 31.2 Å². The molecule has 2 rings (SSSR count). The van der Waals surface area contributed by atoms with Gasteiger partial charge < -0.3 is 10.1 Å². The van der Waals surface area contributed by atoms with E-state index in [0.29, 0.717) is 0 Å². The molecule has 0 radical (unpaired) electrons. The Labute approximate surface area is 93.9 Å². The molecular weight excluding hydrogens is 212 g/mol. The molecule has 2 aliphatic rings. The summed E-state index contributed by atoms with van der Waals surface area (Å²) in [5, 5.41) is 4.36. The molecule has 0 amide bonds. The van der Waals surface area contributed by atoms with Crippen molar-refractivity contribution in [3.05, 3.63) is 0 Å². The molecule has 1 heterocycles. The molecule has 0 aromatic carbocycles. The quantitative estimate of drug-likeness (QED) is 0.721. The first-order chi connectivity index (χ1) is 7.24. The van der Waals surface area contributed by atoms with Crippen LogP contribution in [0.1, 0.15) is 25.7 Å². The van der Waals surface area contributed by atoms with E-state index < -0.39 is 0 Å². The van der Waals surface area contributed by atoms with Gasteiger partial charge in [0.15, 0.2) is 5.17 Å². The Morgan fingerprint density at radius 2 is 2.33 bits per heavy atom. The number of carbonyl (C=O) groups excluding carboxylic acids is 1. The molecule has 1 N–H and O–H groups in total. The van der Waals surface area contributed by atoms with Crippen molar-refractivity contribution < 1.29 is 9.53 Å². The first-order valence-corrected chi connectivity index (χ1v) is 6.25. The lowest BCUT2D eigenvalue weighted by atomic mass is 10.0. The standard InChI is InChI=1S/C10H16N2O2S/c1-14-8(13)6-11-9-12-10(7-15-9)4-2-3-5-10/h2-7H2,1H3,(H,11,12). The van der Waals surface area contributed by atoms with Crippen molar-refractivity contribution in [2.75, 3.05) is 19.4 Å². The van der Waals surface area contributed by atoms with Gasteiger partial charge in [-0.2, -0.15) is 0 Å². The topological polar surface area (TPSA) is 50.7 Å². The Balaban J connectivity index is 1.89. The molecule has 0 bridgehead atoms. The van der Waals surface area contributed by atoms with Gasteiger partial charge in [0, 0.05) is 11.3 Å². The van der Waals surface area contributed by atoms with Gasteiger partial charge in [0.25, 0.3) is 0 Å². The van der Waals surface area contributed by atoms with Crippen LogP contribution in [0.4, 0.5) is 0 Å². The molecule has 4 nitrogen and oxygen atoms in total. The van der Waals surface area contributed by atoms with E-state index in [2.05, 4.69) is 15.0 Å². The molecular formula is C10H16N2O2S. The number of esters is 1. The number of hydrogen-bond donors (Lipinski definition) is 1. The number of hydrogen-bond acceptors (Lipinski definition) is 4. The van der Waals surface area contributed by atoms with Crippen molar-refractivity contribution in [1.29, 1.82) is 0 Å². The molecule has 2 fully saturated rings. The van der Waals surface area contributed by atoms with Gasteiger partial charge in [0.05, 0.1) is 7.11 Å². The first kappa shape index (κ1) is 10.8. The minimum Gasteiger partial charge on any atom is -0.468 e. The van der Waals surface area contributed by atoms with Crippen LogP contribution in [-0.4, -0.2) is 36.1 Å². The Bertz CT molecular complexity index is 285. The van der Waals surface area contributed by atoms with Crippen molar-refractivity contribution >= 4 is 22.9 Å². The molecule has 5 heteroatoms. The van der Waals surface area contributed by atoms with Crippen LogP contribution in [0.2, 0.25) is 0 Å². The van der Waals surface area contributed by atoms with Gasteiger partial charge >= 0.3 is 5.97 Å². The van der Waals surface area contributed by atoms with Crippen LogP contribution in [0.3, 0.4) is 0 Å². The highest BCUT2D eigenvalue weighted by atomic mass is 32.2. The number of carbonyl (C=O) groups is 1. The summed E-state index contributed by atoms with van der Waals surface area (Å²) in [6.07, 6.45) is 5.07. The number of nitrogens with zero attached hydrogens (tertiary/aromatic N) is 1. The van der Waals surface area contributed by atoms with Gasteiger partial charge in [-0.25, -0.2) is 0 Å². The minimum atomic E-state index is -0.280. The fraction of sp³-hybridized carbons (Fsp3) is 0.800. The predicted octanol–water partition coefficient (Wildman–Crippen LogP) is 1.16. The predicted molar refractivity (Wildman–Crippen MR) is 61.1 cm³/mol. The average Bonchev–Trinajstić information content (AvgIpc) is 2.86. The van der Waals surface area contributed by atoms with E-state index in [1.54, 1.807) is 11.8 Å². The highest BCUT2D eigenvalue weighted by Gasteiger charge is 2.39. The maximum atomic E-state index is 10.9. The number of amidine groups is 1. The summed E-state index contributed by atoms with van der Waals surface area (Å²) in [6, 6.07) is 0. The van der Waals surface area contributed by atoms with Gasteiger partial charge in [-0.3, -0.25) is 9.79 Å². The van der Waals surface area contributed by atoms with Crippen molar-refractivity contribution in [2.24, 2.45) is 4.99 Å². The smallest absolute Gasteiger partial charge is 0.327 e. The van der Waals surface area contributed by atoms with Crippen LogP contribution in [0.5, 0.6) is 0 Å². The molecule has 0 aromatic rings. The molecule has 1 spiro atoms. The fourth-order valence-electron chi connectivity index (χ4n) is 2.11. The summed E-state index contributed by atoms with van der Waals surface area (Å²) in [5.74, 6) is 0.810. The summed E-state index contributed by atoms with van der Waals surface area (Å²) in [7, 11) is 1.39. The number of methoxy groups -OCH3 is 1. The van der Waals surface area contributed by atoms with Crippen molar-refractivity contribution in [3.8, 4) is 0 Å². The third-order valence-corrected chi connectivity index (χ3v) is 4.20. The van der Waals surface area contributed by atoms with Gasteiger partial charge in [-0.1, -0.05) is 24.6 Å². The summed E-state index contributed by atoms with van der Waals surface area (Å²) in [5.41, 5.74) is 0.277. The Hall–Kier alpha value is -0.710. The molecule has 0 aromatic heterocycles. The summed E-state index contributed by atoms with van der Waals surface area (Å²) in [6.45, 7) is 0.127. The second kappa shape index (κ2) is 4.43. The Kier molecular flexibility index (Phi) is 3.19. The van der Waals surface area contributed by atoms with Crippen LogP contribution in [0.25, 0.3) is 0 Å². The normalized spacial score (nSPS) is 25.8. The third kappa shape index (κ3) is 2.45. The number of rotatable bonds is 2. The van der Waals surface area contributed by atoms with E-state index in [9.17, 15) is 4.79 Å². The summed E-state index contributed by atoms with van der Waals surface area (Å²) in [4.78, 5) is 15.1. The second-order valence-electron chi connectivity index (χ2n) is 4.10. The molecule has 15 heavy (non-hydrogen) atoms. The minimum absolute atomic E-state index is 0.127. The SMILES string of the molecule is COC(=O)CN=C1NC2(CCCC2)CS1. The summed E-state index contributed by atoms with van der Waals surface area (Å²) < 4.78 is 4.54. The average molecular weight is 228 g/mol. The van der Waals surface area contributed by atoms with Gasteiger partial charge in [0.2, 0.25) is 0 Å². The van der Waals surface area contributed by atoms with Gasteiger partial charge in [-0.05, 0) is 12.8 Å². The van der Waals surface area contributed by atoms with Crippen LogP contribution in [-0.2, 0) is 9.53 Å². The highest BCUT2D eigenvalue weighted by molar-refractivity contribution is 8.14. The second-order valence-corrected chi connectivity index (χ2v) is 5.06. The molecule has 84 valence electrons. The van der Waals surface area contributed by atoms with E-state index >= 15 is 0 Å². The van der Waals surface area contributed by atoms with Gasteiger partial charge in [-0.15, -0.1) is 0 Å². The molecule has 0 atom stereocenters. The maximum Gasteiger partial charge on any atom is 0.327 e. The van der Waals surface area contributed by atoms with Crippen LogP contribution < -0.4 is 5.32 Å². The fourth-order valence-corrected chi connectivity index (χ4v) is 3.33. The highest BCUT2D eigenvalue weighted by Crippen LogP contribution is 2.37. The van der Waals surface area contributed by atoms with Crippen LogP contribution >= 0.6 is 11.8 Å². The van der Waals surface area contributed by atoms with Gasteiger partial charge in [0.1, 0.15) is 6.54 Å². The lowest BCUT2D eigenvalue weighted by Gasteiger charge is -2.21. The monoisotopic (exact) mass is 228 g/mol. The van der Waals surface area contributed by atoms with E-state index in [-0.39, 0.29) is 18.1 Å². The van der Waals surface area contributed by atoms with Crippen LogP contribution in [0.15, 0.2) is 4.99 Å². The number of nitrogens with one attached hydrogen (secondary N) is 1. The number of thioether (sulfide) groups is 1. The van der Waals surface area contributed by atoms with E-state index in [1.807, 2.05) is 0 Å². The van der Waals surface area contributed by atoms with Crippen LogP contribution in [0, 0.1) is 0 Å². The Morgan fingerprint density at radius 1 is 1.60 bits per heavy atom. The van der Waals surface area contributed by atoms with Crippen molar-refractivity contribution in [1.82, 2.24) is 5.32 Å².